The third-order valence-corrected chi connectivity index (χ3v) is 11.1. The molecule has 1 heterocycles. The van der Waals surface area contributed by atoms with Crippen LogP contribution in [0, 0.1) is 17.3 Å². The van der Waals surface area contributed by atoms with E-state index in [1.54, 1.807) is 4.90 Å². The molecule has 11 heteroatoms. The minimum absolute atomic E-state index is 0.0817. The van der Waals surface area contributed by atoms with Crippen molar-refractivity contribution < 1.29 is 28.7 Å². The van der Waals surface area contributed by atoms with Gasteiger partial charge in [-0.2, -0.15) is 0 Å². The van der Waals surface area contributed by atoms with E-state index in [9.17, 15) is 24.0 Å². The van der Waals surface area contributed by atoms with Gasteiger partial charge >= 0.3 is 6.03 Å². The number of ketones is 1. The number of hydrogen-bond donors (Lipinski definition) is 4. The molecule has 3 rings (SSSR count). The van der Waals surface area contributed by atoms with Gasteiger partial charge in [-0.3, -0.25) is 19.2 Å². The molecule has 0 spiro atoms. The smallest absolute Gasteiger partial charge is 0.315 e. The van der Waals surface area contributed by atoms with Gasteiger partial charge < -0.3 is 30.9 Å². The predicted octanol–water partition coefficient (Wildman–Crippen LogP) is 5.56. The molecule has 5 amide bonds. The van der Waals surface area contributed by atoms with E-state index in [0.717, 1.165) is 70.6 Å². The van der Waals surface area contributed by atoms with E-state index in [2.05, 4.69) is 34.8 Å². The Balaban J connectivity index is 1.91. The van der Waals surface area contributed by atoms with Crippen molar-refractivity contribution in [1.82, 2.24) is 26.2 Å². The fourth-order valence-corrected chi connectivity index (χ4v) is 8.09. The zero-order valence-corrected chi connectivity index (χ0v) is 32.1. The lowest BCUT2D eigenvalue weighted by Gasteiger charge is -2.44. The molecule has 0 bridgehead atoms. The molecule has 0 aromatic heterocycles. The van der Waals surface area contributed by atoms with Crippen LogP contribution in [0.2, 0.25) is 0 Å². The molecule has 284 valence electrons. The lowest BCUT2D eigenvalue weighted by molar-refractivity contribution is -0.145. The Morgan fingerprint density at radius 2 is 1.58 bits per heavy atom. The van der Waals surface area contributed by atoms with E-state index in [4.69, 9.17) is 4.74 Å². The number of carbonyl (C=O) groups excluding carboxylic acids is 5. The Morgan fingerprint density at radius 3 is 2.14 bits per heavy atom. The highest BCUT2D eigenvalue weighted by Gasteiger charge is 2.50. The molecular formula is C39H67N5O6. The van der Waals surface area contributed by atoms with E-state index in [-0.39, 0.29) is 35.9 Å². The molecule has 3 aliphatic rings. The number of Topliss-reactive ketones (excluding diaryl/α,β-unsaturated/α-hetero) is 1. The number of nitrogens with zero attached hydrogens (tertiary/aromatic N) is 1. The topological polar surface area (TPSA) is 146 Å². The predicted molar refractivity (Wildman–Crippen MR) is 196 cm³/mol. The number of likely N-dealkylation sites (tertiary alicyclic amines) is 1. The summed E-state index contributed by atoms with van der Waals surface area (Å²) in [5.74, 6) is -2.24. The van der Waals surface area contributed by atoms with Crippen molar-refractivity contribution in [3.63, 3.8) is 0 Å². The summed E-state index contributed by atoms with van der Waals surface area (Å²) in [7, 11) is 0. The molecule has 0 aromatic carbocycles. The normalized spacial score (nSPS) is 23.0. The summed E-state index contributed by atoms with van der Waals surface area (Å²) in [6.45, 7) is 18.7. The van der Waals surface area contributed by atoms with Crippen LogP contribution in [0.1, 0.15) is 138 Å². The molecule has 4 atom stereocenters. The first-order valence-electron chi connectivity index (χ1n) is 19.3. The lowest BCUT2D eigenvalue weighted by atomic mass is 9.70. The quantitative estimate of drug-likeness (QED) is 0.122. The van der Waals surface area contributed by atoms with Crippen LogP contribution in [0.3, 0.4) is 0 Å². The van der Waals surface area contributed by atoms with Crippen LogP contribution in [0.25, 0.3) is 0 Å². The molecule has 2 saturated carbocycles. The number of urea groups is 1. The Bertz CT molecular complexity index is 1180. The van der Waals surface area contributed by atoms with Crippen LogP contribution in [-0.4, -0.2) is 83.4 Å². The van der Waals surface area contributed by atoms with Crippen LogP contribution >= 0.6 is 0 Å². The molecule has 0 aromatic rings. The van der Waals surface area contributed by atoms with Gasteiger partial charge in [-0.15, -0.1) is 6.58 Å². The largest absolute Gasteiger partial charge is 0.373 e. The molecule has 11 nitrogen and oxygen atoms in total. The maximum atomic E-state index is 14.9. The minimum atomic E-state index is -1.00. The summed E-state index contributed by atoms with van der Waals surface area (Å²) < 4.78 is 6.21. The van der Waals surface area contributed by atoms with Crippen LogP contribution in [0.15, 0.2) is 12.7 Å². The van der Waals surface area contributed by atoms with E-state index >= 15 is 0 Å². The van der Waals surface area contributed by atoms with Crippen LogP contribution in [0.5, 0.6) is 0 Å². The van der Waals surface area contributed by atoms with Crippen LogP contribution in [-0.2, 0) is 23.9 Å². The van der Waals surface area contributed by atoms with E-state index in [1.807, 2.05) is 41.5 Å². The van der Waals surface area contributed by atoms with E-state index in [0.29, 0.717) is 32.4 Å². The lowest BCUT2D eigenvalue weighted by Crippen LogP contribution is -2.64. The summed E-state index contributed by atoms with van der Waals surface area (Å²) in [6.07, 6.45) is 13.1. The highest BCUT2D eigenvalue weighted by molar-refractivity contribution is 6.38. The van der Waals surface area contributed by atoms with E-state index in [1.165, 1.54) is 6.08 Å². The van der Waals surface area contributed by atoms with Gasteiger partial charge in [0.25, 0.3) is 5.91 Å². The Hall–Kier alpha value is -2.95. The van der Waals surface area contributed by atoms with Gasteiger partial charge in [0, 0.05) is 13.1 Å². The molecular weight excluding hydrogens is 634 g/mol. The zero-order valence-electron chi connectivity index (χ0n) is 32.1. The second-order valence-corrected chi connectivity index (χ2v) is 16.7. The van der Waals surface area contributed by atoms with Gasteiger partial charge in [0.2, 0.25) is 17.6 Å². The molecule has 1 saturated heterocycles. The summed E-state index contributed by atoms with van der Waals surface area (Å²) >= 11 is 0. The Morgan fingerprint density at radius 1 is 0.960 bits per heavy atom. The molecule has 1 unspecified atom stereocenters. The SMILES string of the molecule is C=CCNC(=O)C(=O)C(CCCC)NC(=O)[C@@H]1[C@@H](C(C)C)CCN1C(=O)[C@@H](NC(=O)NC1(COC(C)(C)C)CCCCC1)C1(C)CCCCC1. The second kappa shape index (κ2) is 18.5. The number of nitrogens with one attached hydrogen (secondary N) is 4. The number of ether oxygens (including phenoxy) is 1. The minimum Gasteiger partial charge on any atom is -0.373 e. The number of rotatable bonds is 16. The monoisotopic (exact) mass is 702 g/mol. The highest BCUT2D eigenvalue weighted by Crippen LogP contribution is 2.41. The maximum Gasteiger partial charge on any atom is 0.315 e. The van der Waals surface area contributed by atoms with E-state index < -0.39 is 46.7 Å². The summed E-state index contributed by atoms with van der Waals surface area (Å²) in [5.41, 5.74) is -1.37. The van der Waals surface area contributed by atoms with Crippen molar-refractivity contribution in [2.45, 2.75) is 168 Å². The van der Waals surface area contributed by atoms with Crippen molar-refractivity contribution in [1.29, 1.82) is 0 Å². The van der Waals surface area contributed by atoms with Crippen LogP contribution in [0.4, 0.5) is 4.79 Å². The fourth-order valence-electron chi connectivity index (χ4n) is 8.09. The van der Waals surface area contributed by atoms with Crippen molar-refractivity contribution in [3.8, 4) is 0 Å². The van der Waals surface area contributed by atoms with Crippen molar-refractivity contribution in [2.75, 3.05) is 19.7 Å². The summed E-state index contributed by atoms with van der Waals surface area (Å²) in [6, 6.07) is -3.06. The van der Waals surface area contributed by atoms with Crippen molar-refractivity contribution >= 4 is 29.5 Å². The zero-order chi connectivity index (χ0) is 37.1. The number of amides is 5. The standard InChI is InChI=1S/C39H67N5O6/c1-9-11-18-29(31(45)34(47)40-24-10-2)41-33(46)30-28(27(3)4)19-25-44(30)35(48)32(38(8)20-14-12-15-21-38)42-36(49)43-39(22-16-13-17-23-39)26-50-37(5,6)7/h10,27-30,32H,2,9,11-26H2,1,3-8H3,(H,40,47)(H,41,46)(H2,42,43,49)/t28-,29?,30+,32-/m1/s1. The first kappa shape index (κ1) is 41.5. The van der Waals surface area contributed by atoms with Gasteiger partial charge in [0.15, 0.2) is 0 Å². The Kier molecular flexibility index (Phi) is 15.4. The maximum absolute atomic E-state index is 14.9. The van der Waals surface area contributed by atoms with Crippen LogP contribution < -0.4 is 21.3 Å². The second-order valence-electron chi connectivity index (χ2n) is 16.7. The molecule has 1 aliphatic heterocycles. The van der Waals surface area contributed by atoms with Crippen molar-refractivity contribution in [3.05, 3.63) is 12.7 Å². The molecule has 4 N–H and O–H groups in total. The summed E-state index contributed by atoms with van der Waals surface area (Å²) in [4.78, 5) is 70.6. The summed E-state index contributed by atoms with van der Waals surface area (Å²) in [5, 5.41) is 11.9. The van der Waals surface area contributed by atoms with Gasteiger partial charge in [0.1, 0.15) is 12.1 Å². The van der Waals surface area contributed by atoms with Gasteiger partial charge in [0.05, 0.1) is 23.8 Å². The fraction of sp³-hybridized carbons (Fsp3) is 0.821. The number of hydrogen-bond acceptors (Lipinski definition) is 6. The third kappa shape index (κ3) is 11.3. The molecule has 2 aliphatic carbocycles. The molecule has 3 fully saturated rings. The average Bonchev–Trinajstić information content (AvgIpc) is 3.53. The van der Waals surface area contributed by atoms with Crippen molar-refractivity contribution in [2.24, 2.45) is 17.3 Å². The number of carbonyl (C=O) groups is 5. The molecule has 50 heavy (non-hydrogen) atoms. The number of unbranched alkanes of at least 4 members (excludes halogenated alkanes) is 1. The highest BCUT2D eigenvalue weighted by atomic mass is 16.5. The Labute approximate surface area is 301 Å². The molecule has 0 radical (unpaired) electrons. The van der Waals surface area contributed by atoms with Gasteiger partial charge in [-0.1, -0.05) is 85.1 Å². The third-order valence-electron chi connectivity index (χ3n) is 11.1. The first-order chi connectivity index (χ1) is 23.6. The van der Waals surface area contributed by atoms with Gasteiger partial charge in [-0.05, 0) is 76.5 Å². The van der Waals surface area contributed by atoms with Gasteiger partial charge in [-0.25, -0.2) is 4.79 Å². The first-order valence-corrected chi connectivity index (χ1v) is 19.3. The average molecular weight is 702 g/mol.